The summed E-state index contributed by atoms with van der Waals surface area (Å²) in [5.74, 6) is 0. The highest BCUT2D eigenvalue weighted by molar-refractivity contribution is 7.10. The second kappa shape index (κ2) is 3.89. The van der Waals surface area contributed by atoms with Gasteiger partial charge in [0.05, 0.1) is 18.0 Å². The van der Waals surface area contributed by atoms with Gasteiger partial charge < -0.3 is 5.11 Å². The molecule has 0 radical (unpaired) electrons. The summed E-state index contributed by atoms with van der Waals surface area (Å²) >= 11 is 1.55. The van der Waals surface area contributed by atoms with Crippen LogP contribution in [0.2, 0.25) is 0 Å². The number of hydrogen-bond donors (Lipinski definition) is 1. The third kappa shape index (κ3) is 2.00. The molecule has 1 atom stereocenters. The van der Waals surface area contributed by atoms with Gasteiger partial charge >= 0.3 is 0 Å². The van der Waals surface area contributed by atoms with Crippen molar-refractivity contribution in [2.45, 2.75) is 12.5 Å². The molecule has 0 aliphatic heterocycles. The lowest BCUT2D eigenvalue weighted by Gasteiger charge is -2.04. The third-order valence-corrected chi connectivity index (χ3v) is 2.89. The van der Waals surface area contributed by atoms with Crippen molar-refractivity contribution in [3.63, 3.8) is 0 Å². The van der Waals surface area contributed by atoms with Gasteiger partial charge in [0.1, 0.15) is 0 Å². The van der Waals surface area contributed by atoms with E-state index in [4.69, 9.17) is 0 Å². The Morgan fingerprint density at radius 1 is 1.64 bits per heavy atom. The number of hydrogen-bond acceptors (Lipinski definition) is 4. The van der Waals surface area contributed by atoms with E-state index in [0.29, 0.717) is 6.42 Å². The molecule has 5 heteroatoms. The molecular formula is C9H11N3OS. The first-order valence-corrected chi connectivity index (χ1v) is 5.20. The molecule has 2 heterocycles. The number of aliphatic hydroxyl groups excluding tert-OH is 1. The van der Waals surface area contributed by atoms with Crippen molar-refractivity contribution >= 4 is 11.3 Å². The number of thiophene rings is 1. The second-order valence-corrected chi connectivity index (χ2v) is 4.04. The minimum atomic E-state index is -0.466. The Morgan fingerprint density at radius 3 is 3.07 bits per heavy atom. The van der Waals surface area contributed by atoms with Crippen LogP contribution < -0.4 is 0 Å². The fourth-order valence-electron chi connectivity index (χ4n) is 1.26. The number of nitrogens with zero attached hydrogens (tertiary/aromatic N) is 3. The highest BCUT2D eigenvalue weighted by Gasteiger charge is 2.11. The fourth-order valence-corrected chi connectivity index (χ4v) is 1.97. The van der Waals surface area contributed by atoms with E-state index in [1.165, 1.54) is 4.80 Å². The molecular weight excluding hydrogens is 198 g/mol. The topological polar surface area (TPSA) is 50.9 Å². The van der Waals surface area contributed by atoms with Crippen LogP contribution in [-0.4, -0.2) is 20.1 Å². The summed E-state index contributed by atoms with van der Waals surface area (Å²) in [5, 5.41) is 19.8. The van der Waals surface area contributed by atoms with Crippen molar-refractivity contribution in [3.8, 4) is 0 Å². The van der Waals surface area contributed by atoms with Crippen LogP contribution in [0.5, 0.6) is 0 Å². The van der Waals surface area contributed by atoms with Gasteiger partial charge in [0.15, 0.2) is 0 Å². The fraction of sp³-hybridized carbons (Fsp3) is 0.333. The highest BCUT2D eigenvalue weighted by Crippen LogP contribution is 2.21. The molecule has 1 N–H and O–H groups in total. The molecule has 0 aromatic carbocycles. The van der Waals surface area contributed by atoms with Crippen LogP contribution in [0, 0.1) is 0 Å². The van der Waals surface area contributed by atoms with Gasteiger partial charge in [-0.15, -0.1) is 11.3 Å². The maximum absolute atomic E-state index is 9.81. The molecule has 0 aliphatic carbocycles. The first kappa shape index (κ1) is 9.36. The predicted octanol–water partition coefficient (Wildman–Crippen LogP) is 1.15. The van der Waals surface area contributed by atoms with Crippen LogP contribution >= 0.6 is 11.3 Å². The normalized spacial score (nSPS) is 13.0. The van der Waals surface area contributed by atoms with Crippen molar-refractivity contribution in [1.29, 1.82) is 0 Å². The van der Waals surface area contributed by atoms with Gasteiger partial charge in [0.25, 0.3) is 0 Å². The number of aliphatic hydroxyl groups is 1. The zero-order valence-corrected chi connectivity index (χ0v) is 8.61. The van der Waals surface area contributed by atoms with Crippen LogP contribution in [0.1, 0.15) is 16.7 Å². The van der Waals surface area contributed by atoms with Crippen LogP contribution in [0.25, 0.3) is 0 Å². The summed E-state index contributed by atoms with van der Waals surface area (Å²) in [6.07, 6.45) is 1.73. The van der Waals surface area contributed by atoms with Crippen molar-refractivity contribution in [2.24, 2.45) is 7.05 Å². The van der Waals surface area contributed by atoms with Gasteiger partial charge in [-0.05, 0) is 11.4 Å². The smallest absolute Gasteiger partial charge is 0.0938 e. The van der Waals surface area contributed by atoms with Crippen LogP contribution in [0.4, 0.5) is 0 Å². The van der Waals surface area contributed by atoms with Gasteiger partial charge in [-0.2, -0.15) is 15.0 Å². The average molecular weight is 209 g/mol. The molecule has 14 heavy (non-hydrogen) atoms. The molecule has 1 unspecified atom stereocenters. The highest BCUT2D eigenvalue weighted by atomic mass is 32.1. The van der Waals surface area contributed by atoms with Gasteiger partial charge in [0, 0.05) is 18.3 Å². The quantitative estimate of drug-likeness (QED) is 0.825. The summed E-state index contributed by atoms with van der Waals surface area (Å²) in [7, 11) is 1.76. The number of aromatic nitrogens is 3. The molecule has 2 aromatic rings. The molecule has 2 rings (SSSR count). The SMILES string of the molecule is Cn1ncc(CC(O)c2cccs2)n1. The largest absolute Gasteiger partial charge is 0.387 e. The van der Waals surface area contributed by atoms with Crippen molar-refractivity contribution in [1.82, 2.24) is 15.0 Å². The lowest BCUT2D eigenvalue weighted by atomic mass is 10.2. The standard InChI is InChI=1S/C9H11N3OS/c1-12-10-6-7(11-12)5-8(13)9-3-2-4-14-9/h2-4,6,8,13H,5H2,1H3. The van der Waals surface area contributed by atoms with Gasteiger partial charge in [-0.3, -0.25) is 0 Å². The minimum absolute atomic E-state index is 0.466. The van der Waals surface area contributed by atoms with Crippen molar-refractivity contribution in [3.05, 3.63) is 34.3 Å². The van der Waals surface area contributed by atoms with E-state index in [-0.39, 0.29) is 0 Å². The van der Waals surface area contributed by atoms with E-state index in [0.717, 1.165) is 10.6 Å². The predicted molar refractivity (Wildman–Crippen MR) is 54.0 cm³/mol. The number of aryl methyl sites for hydroxylation is 1. The van der Waals surface area contributed by atoms with Crippen molar-refractivity contribution in [2.75, 3.05) is 0 Å². The summed E-state index contributed by atoms with van der Waals surface area (Å²) in [6, 6.07) is 3.85. The first-order valence-electron chi connectivity index (χ1n) is 4.32. The maximum atomic E-state index is 9.81. The van der Waals surface area contributed by atoms with Gasteiger partial charge in [-0.1, -0.05) is 6.07 Å². The minimum Gasteiger partial charge on any atom is -0.387 e. The van der Waals surface area contributed by atoms with E-state index in [2.05, 4.69) is 10.2 Å². The zero-order chi connectivity index (χ0) is 9.97. The van der Waals surface area contributed by atoms with E-state index in [9.17, 15) is 5.11 Å². The molecule has 2 aromatic heterocycles. The summed E-state index contributed by atoms with van der Waals surface area (Å²) in [5.41, 5.74) is 0.813. The lowest BCUT2D eigenvalue weighted by molar-refractivity contribution is 0.181. The van der Waals surface area contributed by atoms with Gasteiger partial charge in [-0.25, -0.2) is 0 Å². The Kier molecular flexibility index (Phi) is 2.60. The first-order chi connectivity index (χ1) is 6.75. The molecule has 0 amide bonds. The van der Waals surface area contributed by atoms with Gasteiger partial charge in [0.2, 0.25) is 0 Å². The van der Waals surface area contributed by atoms with Crippen LogP contribution in [0.15, 0.2) is 23.7 Å². The zero-order valence-electron chi connectivity index (χ0n) is 7.79. The van der Waals surface area contributed by atoms with Crippen LogP contribution in [-0.2, 0) is 13.5 Å². The molecule has 0 saturated carbocycles. The maximum Gasteiger partial charge on any atom is 0.0938 e. The Hall–Kier alpha value is -1.20. The molecule has 0 fully saturated rings. The monoisotopic (exact) mass is 209 g/mol. The molecule has 0 saturated heterocycles. The van der Waals surface area contributed by atoms with E-state index in [1.54, 1.807) is 24.6 Å². The molecule has 0 spiro atoms. The Labute approximate surface area is 85.8 Å². The van der Waals surface area contributed by atoms with E-state index in [1.807, 2.05) is 17.5 Å². The Balaban J connectivity index is 2.05. The molecule has 74 valence electrons. The third-order valence-electron chi connectivity index (χ3n) is 1.92. The molecule has 0 aliphatic rings. The second-order valence-electron chi connectivity index (χ2n) is 3.06. The van der Waals surface area contributed by atoms with Crippen LogP contribution in [0.3, 0.4) is 0 Å². The Bertz CT molecular complexity index is 396. The summed E-state index contributed by atoms with van der Waals surface area (Å²) in [6.45, 7) is 0. The average Bonchev–Trinajstić information content (AvgIpc) is 2.75. The summed E-state index contributed by atoms with van der Waals surface area (Å²) in [4.78, 5) is 2.46. The Morgan fingerprint density at radius 2 is 2.50 bits per heavy atom. The molecule has 0 bridgehead atoms. The summed E-state index contributed by atoms with van der Waals surface area (Å²) < 4.78 is 0. The van der Waals surface area contributed by atoms with Crippen molar-refractivity contribution < 1.29 is 5.11 Å². The lowest BCUT2D eigenvalue weighted by Crippen LogP contribution is -2.01. The molecule has 4 nitrogen and oxygen atoms in total. The van der Waals surface area contributed by atoms with E-state index >= 15 is 0 Å². The number of rotatable bonds is 3. The van der Waals surface area contributed by atoms with E-state index < -0.39 is 6.10 Å².